The van der Waals surface area contributed by atoms with Gasteiger partial charge in [0.1, 0.15) is 23.4 Å². The zero-order valence-corrected chi connectivity index (χ0v) is 22.4. The second-order valence-corrected chi connectivity index (χ2v) is 10.1. The average molecular weight is 579 g/mol. The van der Waals surface area contributed by atoms with Gasteiger partial charge in [0.15, 0.2) is 5.11 Å². The fraction of sp³-hybridized carbons (Fsp3) is 0.179. The van der Waals surface area contributed by atoms with Gasteiger partial charge in [-0.25, -0.2) is 4.39 Å². The number of carbonyl (C=O) groups excluding carboxylic acids is 1. The van der Waals surface area contributed by atoms with Crippen molar-refractivity contribution >= 4 is 44.9 Å². The summed E-state index contributed by atoms with van der Waals surface area (Å²) in [5.74, 6) is 0.501. The molecule has 4 aromatic rings. The summed E-state index contributed by atoms with van der Waals surface area (Å²) in [7, 11) is 0. The molecule has 0 spiro atoms. The fourth-order valence-corrected chi connectivity index (χ4v) is 5.13. The highest BCUT2D eigenvalue weighted by Gasteiger charge is 2.41. The smallest absolute Gasteiger partial charge is 0.226 e. The molecular weight excluding hydrogens is 555 g/mol. The Hall–Kier alpha value is -3.56. The minimum absolute atomic E-state index is 0.120. The number of carbonyl (C=O) groups is 1. The minimum atomic E-state index is -0.388. The lowest BCUT2D eigenvalue weighted by Gasteiger charge is -2.25. The Labute approximate surface area is 228 Å². The van der Waals surface area contributed by atoms with Crippen LogP contribution in [0.4, 0.5) is 10.1 Å². The third-order valence-corrected chi connectivity index (χ3v) is 7.04. The topological polar surface area (TPSA) is 70.4 Å². The first-order valence-electron chi connectivity index (χ1n) is 11.8. The van der Waals surface area contributed by atoms with Crippen molar-refractivity contribution in [1.82, 2.24) is 15.2 Å². The average Bonchev–Trinajstić information content (AvgIpc) is 3.47. The highest BCUT2D eigenvalue weighted by Crippen LogP contribution is 2.41. The van der Waals surface area contributed by atoms with E-state index in [1.54, 1.807) is 24.4 Å². The van der Waals surface area contributed by atoms with Crippen molar-refractivity contribution in [3.8, 4) is 11.3 Å². The molecule has 1 saturated heterocycles. The van der Waals surface area contributed by atoms with Crippen molar-refractivity contribution in [2.75, 3.05) is 11.9 Å². The van der Waals surface area contributed by atoms with Crippen LogP contribution in [-0.2, 0) is 4.79 Å². The molecule has 5 rings (SSSR count). The van der Waals surface area contributed by atoms with E-state index in [2.05, 4.69) is 31.5 Å². The Bertz CT molecular complexity index is 1450. The zero-order valence-electron chi connectivity index (χ0n) is 19.9. The molecule has 2 aromatic carbocycles. The summed E-state index contributed by atoms with van der Waals surface area (Å²) in [5, 5.41) is 6.78. The summed E-state index contributed by atoms with van der Waals surface area (Å²) in [6.07, 6.45) is 1.94. The Kier molecular flexibility index (Phi) is 7.34. The molecule has 3 heterocycles. The van der Waals surface area contributed by atoms with E-state index in [4.69, 9.17) is 16.6 Å². The molecule has 0 bridgehead atoms. The number of rotatable bonds is 7. The number of nitrogens with zero attached hydrogens (tertiary/aromatic N) is 2. The van der Waals surface area contributed by atoms with Crippen LogP contribution >= 0.6 is 28.1 Å². The van der Waals surface area contributed by atoms with Gasteiger partial charge in [-0.2, -0.15) is 0 Å². The standard InChI is InChI=1S/C28H24BrFN4O2S/c1-17-5-4-6-19(15-17)32-25(35)12-14-34-27(26(33-28(34)37)22-7-2-3-13-31-22)24-11-10-23(36-24)20-9-8-18(29)16-21(20)30/h2-11,13,15-16,26-27H,12,14H2,1H3,(H,32,35)(H,33,37)/t26-,27-/m0/s1. The number of halogens is 2. The number of furan rings is 1. The molecule has 1 aliphatic rings. The van der Waals surface area contributed by atoms with Crippen molar-refractivity contribution in [1.29, 1.82) is 0 Å². The van der Waals surface area contributed by atoms with Crippen molar-refractivity contribution in [2.45, 2.75) is 25.4 Å². The molecular formula is C28H24BrFN4O2S. The van der Waals surface area contributed by atoms with Crippen LogP contribution in [0.2, 0.25) is 0 Å². The second kappa shape index (κ2) is 10.8. The number of anilines is 1. The van der Waals surface area contributed by atoms with Gasteiger partial charge in [0.25, 0.3) is 0 Å². The molecule has 1 fully saturated rings. The Morgan fingerprint density at radius 3 is 2.78 bits per heavy atom. The van der Waals surface area contributed by atoms with E-state index in [9.17, 15) is 9.18 Å². The van der Waals surface area contributed by atoms with E-state index in [0.717, 1.165) is 16.9 Å². The monoisotopic (exact) mass is 578 g/mol. The number of nitrogens with one attached hydrogen (secondary N) is 2. The summed E-state index contributed by atoms with van der Waals surface area (Å²) < 4.78 is 21.5. The predicted octanol–water partition coefficient (Wildman–Crippen LogP) is 6.55. The van der Waals surface area contributed by atoms with Crippen LogP contribution in [0.3, 0.4) is 0 Å². The number of hydrogen-bond acceptors (Lipinski definition) is 4. The molecule has 0 radical (unpaired) electrons. The number of thiocarbonyl (C=S) groups is 1. The summed E-state index contributed by atoms with van der Waals surface area (Å²) in [5.41, 5.74) is 2.97. The van der Waals surface area contributed by atoms with Gasteiger partial charge >= 0.3 is 0 Å². The lowest BCUT2D eigenvalue weighted by atomic mass is 10.0. The lowest BCUT2D eigenvalue weighted by Crippen LogP contribution is -2.32. The molecule has 9 heteroatoms. The summed E-state index contributed by atoms with van der Waals surface area (Å²) in [6.45, 7) is 2.34. The molecule has 1 aliphatic heterocycles. The minimum Gasteiger partial charge on any atom is -0.459 e. The van der Waals surface area contributed by atoms with Crippen LogP contribution in [0.25, 0.3) is 11.3 Å². The van der Waals surface area contributed by atoms with Gasteiger partial charge in [-0.3, -0.25) is 9.78 Å². The van der Waals surface area contributed by atoms with E-state index in [1.807, 2.05) is 60.4 Å². The van der Waals surface area contributed by atoms with Gasteiger partial charge in [-0.15, -0.1) is 0 Å². The molecule has 0 saturated carbocycles. The maximum Gasteiger partial charge on any atom is 0.226 e. The molecule has 6 nitrogen and oxygen atoms in total. The number of hydrogen-bond donors (Lipinski definition) is 2. The molecule has 188 valence electrons. The van der Waals surface area contributed by atoms with E-state index < -0.39 is 0 Å². The molecule has 2 aromatic heterocycles. The third-order valence-electron chi connectivity index (χ3n) is 6.19. The molecule has 37 heavy (non-hydrogen) atoms. The van der Waals surface area contributed by atoms with Crippen LogP contribution < -0.4 is 10.6 Å². The highest BCUT2D eigenvalue weighted by atomic mass is 79.9. The molecule has 2 atom stereocenters. The lowest BCUT2D eigenvalue weighted by molar-refractivity contribution is -0.116. The summed E-state index contributed by atoms with van der Waals surface area (Å²) in [4.78, 5) is 19.2. The first-order chi connectivity index (χ1) is 17.9. The highest BCUT2D eigenvalue weighted by molar-refractivity contribution is 9.10. The maximum absolute atomic E-state index is 14.6. The normalized spacial score (nSPS) is 17.1. The number of aryl methyl sites for hydroxylation is 1. The Morgan fingerprint density at radius 1 is 1.16 bits per heavy atom. The quantitative estimate of drug-likeness (QED) is 0.242. The van der Waals surface area contributed by atoms with E-state index in [-0.39, 0.29) is 30.2 Å². The molecule has 2 N–H and O–H groups in total. The van der Waals surface area contributed by atoms with Gasteiger partial charge < -0.3 is 20.0 Å². The van der Waals surface area contributed by atoms with Gasteiger partial charge in [0.2, 0.25) is 5.91 Å². The maximum atomic E-state index is 14.6. The van der Waals surface area contributed by atoms with Crippen LogP contribution in [0, 0.1) is 12.7 Å². The molecule has 0 aliphatic carbocycles. The largest absolute Gasteiger partial charge is 0.459 e. The van der Waals surface area contributed by atoms with Crippen molar-refractivity contribution in [2.24, 2.45) is 0 Å². The van der Waals surface area contributed by atoms with Gasteiger partial charge in [0, 0.05) is 29.3 Å². The predicted molar refractivity (Wildman–Crippen MR) is 148 cm³/mol. The number of pyridine rings is 1. The van der Waals surface area contributed by atoms with Gasteiger partial charge in [0.05, 0.1) is 17.3 Å². The zero-order chi connectivity index (χ0) is 25.9. The van der Waals surface area contributed by atoms with Crippen LogP contribution in [0.15, 0.2) is 87.9 Å². The van der Waals surface area contributed by atoms with Gasteiger partial charge in [-0.05, 0) is 79.3 Å². The Morgan fingerprint density at radius 2 is 2.03 bits per heavy atom. The van der Waals surface area contributed by atoms with Crippen LogP contribution in [0.5, 0.6) is 0 Å². The van der Waals surface area contributed by atoms with E-state index in [0.29, 0.717) is 33.2 Å². The number of benzene rings is 2. The van der Waals surface area contributed by atoms with E-state index in [1.165, 1.54) is 6.07 Å². The van der Waals surface area contributed by atoms with E-state index >= 15 is 0 Å². The fourth-order valence-electron chi connectivity index (χ4n) is 4.47. The number of aromatic nitrogens is 1. The van der Waals surface area contributed by atoms with Crippen LogP contribution in [-0.4, -0.2) is 27.4 Å². The van der Waals surface area contributed by atoms with Crippen molar-refractivity contribution in [3.05, 3.63) is 106 Å². The summed E-state index contributed by atoms with van der Waals surface area (Å²) >= 11 is 8.97. The van der Waals surface area contributed by atoms with Crippen molar-refractivity contribution < 1.29 is 13.6 Å². The first kappa shape index (κ1) is 25.1. The first-order valence-corrected chi connectivity index (χ1v) is 13.0. The molecule has 1 amide bonds. The SMILES string of the molecule is Cc1cccc(NC(=O)CCN2C(=S)N[C@@H](c3ccccn3)[C@@H]2c2ccc(-c3ccc(Br)cc3F)o2)c1. The van der Waals surface area contributed by atoms with Crippen molar-refractivity contribution in [3.63, 3.8) is 0 Å². The Balaban J connectivity index is 1.41. The third kappa shape index (κ3) is 5.57. The van der Waals surface area contributed by atoms with Gasteiger partial charge in [-0.1, -0.05) is 34.1 Å². The second-order valence-electron chi connectivity index (χ2n) is 8.81. The van der Waals surface area contributed by atoms with Crippen LogP contribution in [0.1, 0.15) is 35.5 Å². The number of amides is 1. The molecule has 0 unspecified atom stereocenters. The summed E-state index contributed by atoms with van der Waals surface area (Å²) in [6, 6.07) is 21.1.